The number of hydrogen-bond donors (Lipinski definition) is 2. The Labute approximate surface area is 146 Å². The van der Waals surface area contributed by atoms with Gasteiger partial charge >= 0.3 is 0 Å². The maximum Gasteiger partial charge on any atom is 0.273 e. The topological polar surface area (TPSA) is 114 Å². The molecule has 2 N–H and O–H groups in total. The molecule has 0 bridgehead atoms. The summed E-state index contributed by atoms with van der Waals surface area (Å²) in [6.07, 6.45) is 0. The SMILES string of the molecule is CCNC(=O)CN(CC)[C@H](C)C(=O)Nc1ccc([N+](=O)[O-])cc1OC. The molecule has 9 nitrogen and oxygen atoms in total. The molecule has 9 heteroatoms. The number of nitrogens with one attached hydrogen (secondary N) is 2. The van der Waals surface area contributed by atoms with Crippen LogP contribution in [0.5, 0.6) is 5.75 Å². The summed E-state index contributed by atoms with van der Waals surface area (Å²) >= 11 is 0. The highest BCUT2D eigenvalue weighted by Crippen LogP contribution is 2.29. The second-order valence-electron chi connectivity index (χ2n) is 5.32. The molecule has 0 unspecified atom stereocenters. The van der Waals surface area contributed by atoms with E-state index in [1.54, 1.807) is 11.8 Å². The molecule has 0 aliphatic carbocycles. The van der Waals surface area contributed by atoms with E-state index < -0.39 is 11.0 Å². The number of nitro groups is 1. The number of amides is 2. The van der Waals surface area contributed by atoms with Crippen LogP contribution in [0.1, 0.15) is 20.8 Å². The summed E-state index contributed by atoms with van der Waals surface area (Å²) in [5.41, 5.74) is 0.202. The minimum Gasteiger partial charge on any atom is -0.494 e. The van der Waals surface area contributed by atoms with Gasteiger partial charge in [0.2, 0.25) is 11.8 Å². The summed E-state index contributed by atoms with van der Waals surface area (Å²) in [4.78, 5) is 36.2. The fourth-order valence-electron chi connectivity index (χ4n) is 2.26. The summed E-state index contributed by atoms with van der Waals surface area (Å²) in [6.45, 7) is 6.52. The molecular weight excluding hydrogens is 328 g/mol. The normalized spacial score (nSPS) is 11.7. The highest BCUT2D eigenvalue weighted by Gasteiger charge is 2.23. The Bertz CT molecular complexity index is 635. The predicted molar refractivity (Wildman–Crippen MR) is 93.7 cm³/mol. The first kappa shape index (κ1) is 20.4. The third-order valence-corrected chi connectivity index (χ3v) is 3.71. The van der Waals surface area contributed by atoms with E-state index >= 15 is 0 Å². The summed E-state index contributed by atoms with van der Waals surface area (Å²) in [6, 6.07) is 3.39. The lowest BCUT2D eigenvalue weighted by Gasteiger charge is -2.26. The zero-order valence-corrected chi connectivity index (χ0v) is 14.9. The first-order valence-corrected chi connectivity index (χ1v) is 7.98. The van der Waals surface area contributed by atoms with Crippen LogP contribution in [0.3, 0.4) is 0 Å². The number of carbonyl (C=O) groups excluding carboxylic acids is 2. The molecule has 0 aliphatic heterocycles. The molecule has 0 saturated heterocycles. The van der Waals surface area contributed by atoms with E-state index in [0.717, 1.165) is 0 Å². The number of hydrogen-bond acceptors (Lipinski definition) is 6. The first-order valence-electron chi connectivity index (χ1n) is 7.98. The molecule has 0 heterocycles. The van der Waals surface area contributed by atoms with Crippen LogP contribution >= 0.6 is 0 Å². The average Bonchev–Trinajstić information content (AvgIpc) is 2.59. The van der Waals surface area contributed by atoms with Crippen molar-refractivity contribution in [2.75, 3.05) is 32.1 Å². The molecule has 0 spiro atoms. The number of likely N-dealkylation sites (N-methyl/N-ethyl adjacent to an activating group) is 2. The molecule has 1 aromatic carbocycles. The van der Waals surface area contributed by atoms with E-state index in [1.165, 1.54) is 25.3 Å². The molecule has 138 valence electrons. The predicted octanol–water partition coefficient (Wildman–Crippen LogP) is 1.39. The van der Waals surface area contributed by atoms with E-state index in [0.29, 0.717) is 18.8 Å². The van der Waals surface area contributed by atoms with Gasteiger partial charge in [-0.3, -0.25) is 24.6 Å². The number of rotatable bonds is 9. The Morgan fingerprint density at radius 1 is 1.36 bits per heavy atom. The zero-order chi connectivity index (χ0) is 19.0. The van der Waals surface area contributed by atoms with Gasteiger partial charge in [0.25, 0.3) is 5.69 Å². The van der Waals surface area contributed by atoms with Crippen molar-refractivity contribution in [3.05, 3.63) is 28.3 Å². The number of anilines is 1. The molecule has 25 heavy (non-hydrogen) atoms. The standard InChI is InChI=1S/C16H24N4O5/c1-5-17-15(21)10-19(6-2)11(3)16(22)18-13-8-7-12(20(23)24)9-14(13)25-4/h7-9,11H,5-6,10H2,1-4H3,(H,17,21)(H,18,22)/t11-/m1/s1. The summed E-state index contributed by atoms with van der Waals surface area (Å²) in [5.74, 6) is -0.295. The molecule has 0 aliphatic rings. The van der Waals surface area contributed by atoms with Gasteiger partial charge in [-0.1, -0.05) is 6.92 Å². The van der Waals surface area contributed by atoms with Gasteiger partial charge in [-0.15, -0.1) is 0 Å². The molecule has 1 atom stereocenters. The number of nitro benzene ring substituents is 1. The zero-order valence-electron chi connectivity index (χ0n) is 14.9. The van der Waals surface area contributed by atoms with Crippen molar-refractivity contribution >= 4 is 23.2 Å². The van der Waals surface area contributed by atoms with Gasteiger partial charge in [0.1, 0.15) is 5.75 Å². The van der Waals surface area contributed by atoms with Crippen LogP contribution in [0, 0.1) is 10.1 Å². The number of carbonyl (C=O) groups is 2. The maximum atomic E-state index is 12.5. The van der Waals surface area contributed by atoms with E-state index in [4.69, 9.17) is 4.74 Å². The third-order valence-electron chi connectivity index (χ3n) is 3.71. The second kappa shape index (κ2) is 9.58. The number of methoxy groups -OCH3 is 1. The Balaban J connectivity index is 2.86. The monoisotopic (exact) mass is 352 g/mol. The fourth-order valence-corrected chi connectivity index (χ4v) is 2.26. The molecular formula is C16H24N4O5. The van der Waals surface area contributed by atoms with Gasteiger partial charge in [0.05, 0.1) is 36.4 Å². The van der Waals surface area contributed by atoms with E-state index in [2.05, 4.69) is 10.6 Å². The molecule has 2 amide bonds. The first-order chi connectivity index (χ1) is 11.8. The Hall–Kier alpha value is -2.68. The quantitative estimate of drug-likeness (QED) is 0.513. The lowest BCUT2D eigenvalue weighted by atomic mass is 10.2. The van der Waals surface area contributed by atoms with Crippen LogP contribution in [0.25, 0.3) is 0 Å². The number of non-ortho nitro benzene ring substituents is 1. The van der Waals surface area contributed by atoms with Crippen LogP contribution < -0.4 is 15.4 Å². The molecule has 0 radical (unpaired) electrons. The molecule has 0 aromatic heterocycles. The minimum atomic E-state index is -0.562. The van der Waals surface area contributed by atoms with Crippen molar-refractivity contribution in [1.29, 1.82) is 0 Å². The highest BCUT2D eigenvalue weighted by molar-refractivity contribution is 5.96. The summed E-state index contributed by atoms with van der Waals surface area (Å²) in [7, 11) is 1.37. The molecule has 0 saturated carbocycles. The van der Waals surface area contributed by atoms with Gasteiger partial charge < -0.3 is 15.4 Å². The van der Waals surface area contributed by atoms with Crippen molar-refractivity contribution < 1.29 is 19.2 Å². The lowest BCUT2D eigenvalue weighted by molar-refractivity contribution is -0.384. The number of ether oxygens (including phenoxy) is 1. The minimum absolute atomic E-state index is 0.107. The van der Waals surface area contributed by atoms with Crippen molar-refractivity contribution in [2.24, 2.45) is 0 Å². The molecule has 1 aromatic rings. The van der Waals surface area contributed by atoms with Gasteiger partial charge in [0, 0.05) is 12.6 Å². The van der Waals surface area contributed by atoms with Crippen LogP contribution in [0.2, 0.25) is 0 Å². The average molecular weight is 352 g/mol. The van der Waals surface area contributed by atoms with Crippen molar-refractivity contribution in [1.82, 2.24) is 10.2 Å². The lowest BCUT2D eigenvalue weighted by Crippen LogP contribution is -2.46. The Morgan fingerprint density at radius 2 is 2.04 bits per heavy atom. The van der Waals surface area contributed by atoms with Crippen LogP contribution in [0.15, 0.2) is 18.2 Å². The van der Waals surface area contributed by atoms with Crippen LogP contribution in [-0.4, -0.2) is 54.4 Å². The molecule has 1 rings (SSSR count). The van der Waals surface area contributed by atoms with Crippen molar-refractivity contribution in [3.8, 4) is 5.75 Å². The largest absolute Gasteiger partial charge is 0.494 e. The Kier molecular flexibility index (Phi) is 7.80. The van der Waals surface area contributed by atoms with E-state index in [-0.39, 0.29) is 29.8 Å². The van der Waals surface area contributed by atoms with Crippen molar-refractivity contribution in [3.63, 3.8) is 0 Å². The van der Waals surface area contributed by atoms with E-state index in [1.807, 2.05) is 13.8 Å². The van der Waals surface area contributed by atoms with Crippen LogP contribution in [-0.2, 0) is 9.59 Å². The smallest absolute Gasteiger partial charge is 0.273 e. The van der Waals surface area contributed by atoms with Crippen molar-refractivity contribution in [2.45, 2.75) is 26.8 Å². The third kappa shape index (κ3) is 5.71. The Morgan fingerprint density at radius 3 is 2.56 bits per heavy atom. The van der Waals surface area contributed by atoms with Gasteiger partial charge in [-0.25, -0.2) is 0 Å². The molecule has 0 fully saturated rings. The van der Waals surface area contributed by atoms with Crippen LogP contribution in [0.4, 0.5) is 11.4 Å². The fraction of sp³-hybridized carbons (Fsp3) is 0.500. The van der Waals surface area contributed by atoms with Gasteiger partial charge in [-0.05, 0) is 26.5 Å². The van der Waals surface area contributed by atoms with E-state index in [9.17, 15) is 19.7 Å². The van der Waals surface area contributed by atoms with Gasteiger partial charge in [-0.2, -0.15) is 0 Å². The number of nitrogens with zero attached hydrogens (tertiary/aromatic N) is 2. The maximum absolute atomic E-state index is 12.5. The number of benzene rings is 1. The second-order valence-corrected chi connectivity index (χ2v) is 5.32. The highest BCUT2D eigenvalue weighted by atomic mass is 16.6. The summed E-state index contributed by atoms with van der Waals surface area (Å²) in [5, 5.41) is 16.2. The van der Waals surface area contributed by atoms with Gasteiger partial charge in [0.15, 0.2) is 0 Å². The summed E-state index contributed by atoms with van der Waals surface area (Å²) < 4.78 is 5.10.